The summed E-state index contributed by atoms with van der Waals surface area (Å²) in [6.45, 7) is 0.660. The van der Waals surface area contributed by atoms with Crippen LogP contribution in [0.25, 0.3) is 0 Å². The van der Waals surface area contributed by atoms with Crippen molar-refractivity contribution in [1.29, 1.82) is 0 Å². The molecule has 1 aromatic rings. The Labute approximate surface area is 137 Å². The van der Waals surface area contributed by atoms with E-state index in [0.29, 0.717) is 13.0 Å². The van der Waals surface area contributed by atoms with Crippen molar-refractivity contribution >= 4 is 46.6 Å². The summed E-state index contributed by atoms with van der Waals surface area (Å²) in [6, 6.07) is 2.24. The van der Waals surface area contributed by atoms with E-state index in [0.717, 1.165) is 37.8 Å². The summed E-state index contributed by atoms with van der Waals surface area (Å²) in [5.74, 6) is -1.56. The van der Waals surface area contributed by atoms with Crippen molar-refractivity contribution in [3.05, 3.63) is 27.3 Å². The molecule has 1 rings (SSSR count). The minimum Gasteiger partial charge on any atom is -0.330 e. The monoisotopic (exact) mass is 418 g/mol. The first kappa shape index (κ1) is 19.5. The number of hydrogen-bond acceptors (Lipinski definition) is 2. The SMILES string of the molecule is Cl.NCCCCCCC(=O)Nc1cc(F)c(I)c(F)c1. The predicted molar refractivity (Wildman–Crippen MR) is 87.1 cm³/mol. The minimum atomic E-state index is -0.668. The Morgan fingerprint density at radius 3 is 2.25 bits per heavy atom. The van der Waals surface area contributed by atoms with Crippen molar-refractivity contribution in [2.75, 3.05) is 11.9 Å². The van der Waals surface area contributed by atoms with Crippen LogP contribution in [0, 0.1) is 15.2 Å². The standard InChI is InChI=1S/C13H17F2IN2O.ClH/c14-10-7-9(8-11(15)13(10)16)18-12(19)5-3-1-2-4-6-17;/h7-8H,1-6,17H2,(H,18,19);1H. The molecule has 0 bridgehead atoms. The normalized spacial score (nSPS) is 10.0. The smallest absolute Gasteiger partial charge is 0.224 e. The number of unbranched alkanes of at least 4 members (excludes halogenated alkanes) is 3. The van der Waals surface area contributed by atoms with E-state index < -0.39 is 11.6 Å². The number of halogens is 4. The molecule has 0 saturated heterocycles. The molecule has 0 spiro atoms. The molecule has 0 heterocycles. The maximum absolute atomic E-state index is 13.3. The van der Waals surface area contributed by atoms with Crippen molar-refractivity contribution in [3.63, 3.8) is 0 Å². The van der Waals surface area contributed by atoms with Gasteiger partial charge in [0, 0.05) is 12.1 Å². The maximum atomic E-state index is 13.3. The fraction of sp³-hybridized carbons (Fsp3) is 0.462. The zero-order valence-electron chi connectivity index (χ0n) is 10.9. The molecule has 0 aliphatic rings. The van der Waals surface area contributed by atoms with E-state index >= 15 is 0 Å². The van der Waals surface area contributed by atoms with Crippen molar-refractivity contribution in [2.45, 2.75) is 32.1 Å². The first-order chi connectivity index (χ1) is 9.04. The highest BCUT2D eigenvalue weighted by molar-refractivity contribution is 14.1. The second-order valence-corrected chi connectivity index (χ2v) is 5.33. The van der Waals surface area contributed by atoms with Crippen LogP contribution in [0.2, 0.25) is 0 Å². The third kappa shape index (κ3) is 6.81. The second kappa shape index (κ2) is 10.3. The van der Waals surface area contributed by atoms with Crippen molar-refractivity contribution < 1.29 is 13.6 Å². The largest absolute Gasteiger partial charge is 0.330 e. The number of carbonyl (C=O) groups is 1. The van der Waals surface area contributed by atoms with Crippen LogP contribution in [0.15, 0.2) is 12.1 Å². The molecule has 0 aliphatic heterocycles. The van der Waals surface area contributed by atoms with E-state index in [1.165, 1.54) is 0 Å². The summed E-state index contributed by atoms with van der Waals surface area (Å²) in [5.41, 5.74) is 5.52. The number of nitrogens with one attached hydrogen (secondary N) is 1. The molecule has 3 N–H and O–H groups in total. The summed E-state index contributed by atoms with van der Waals surface area (Å²) in [5, 5.41) is 2.49. The van der Waals surface area contributed by atoms with Crippen LogP contribution < -0.4 is 11.1 Å². The van der Waals surface area contributed by atoms with Crippen LogP contribution in [0.3, 0.4) is 0 Å². The highest BCUT2D eigenvalue weighted by Gasteiger charge is 2.10. The van der Waals surface area contributed by atoms with Crippen molar-refractivity contribution in [1.82, 2.24) is 0 Å². The lowest BCUT2D eigenvalue weighted by atomic mass is 10.1. The van der Waals surface area contributed by atoms with Gasteiger partial charge in [-0.05, 0) is 54.1 Å². The molecule has 20 heavy (non-hydrogen) atoms. The molecule has 0 atom stereocenters. The number of hydrogen-bond donors (Lipinski definition) is 2. The van der Waals surface area contributed by atoms with E-state index in [4.69, 9.17) is 5.73 Å². The second-order valence-electron chi connectivity index (χ2n) is 4.25. The van der Waals surface area contributed by atoms with Gasteiger partial charge in [0.2, 0.25) is 5.91 Å². The van der Waals surface area contributed by atoms with Gasteiger partial charge in [0.25, 0.3) is 0 Å². The quantitative estimate of drug-likeness (QED) is 0.402. The molecule has 0 unspecified atom stereocenters. The summed E-state index contributed by atoms with van der Waals surface area (Å²) in [6.07, 6.45) is 3.98. The topological polar surface area (TPSA) is 55.1 Å². The van der Waals surface area contributed by atoms with Gasteiger partial charge < -0.3 is 11.1 Å². The molecule has 0 saturated carbocycles. The van der Waals surface area contributed by atoms with E-state index in [1.807, 2.05) is 0 Å². The van der Waals surface area contributed by atoms with Crippen LogP contribution >= 0.6 is 35.0 Å². The van der Waals surface area contributed by atoms with Crippen LogP contribution in [-0.4, -0.2) is 12.5 Å². The van der Waals surface area contributed by atoms with Crippen LogP contribution in [0.5, 0.6) is 0 Å². The number of rotatable bonds is 7. The lowest BCUT2D eigenvalue weighted by Crippen LogP contribution is -2.12. The molecule has 0 aliphatic carbocycles. The number of benzene rings is 1. The Balaban J connectivity index is 0.00000361. The molecule has 0 aromatic heterocycles. The zero-order chi connectivity index (χ0) is 14.3. The van der Waals surface area contributed by atoms with Gasteiger partial charge in [-0.15, -0.1) is 12.4 Å². The van der Waals surface area contributed by atoms with Gasteiger partial charge in [-0.25, -0.2) is 8.78 Å². The van der Waals surface area contributed by atoms with E-state index in [1.54, 1.807) is 22.6 Å². The molecular weight excluding hydrogens is 401 g/mol. The molecule has 1 amide bonds. The number of anilines is 1. The summed E-state index contributed by atoms with van der Waals surface area (Å²) in [7, 11) is 0. The van der Waals surface area contributed by atoms with Gasteiger partial charge in [-0.3, -0.25) is 4.79 Å². The van der Waals surface area contributed by atoms with Gasteiger partial charge in [0.1, 0.15) is 11.6 Å². The summed E-state index contributed by atoms with van der Waals surface area (Å²) in [4.78, 5) is 11.6. The average Bonchev–Trinajstić information content (AvgIpc) is 2.35. The lowest BCUT2D eigenvalue weighted by molar-refractivity contribution is -0.116. The molecule has 114 valence electrons. The number of carbonyl (C=O) groups excluding carboxylic acids is 1. The van der Waals surface area contributed by atoms with Crippen LogP contribution in [0.1, 0.15) is 32.1 Å². The number of amides is 1. The van der Waals surface area contributed by atoms with E-state index in [2.05, 4.69) is 5.32 Å². The Hall–Kier alpha value is -0.470. The molecule has 1 aromatic carbocycles. The Bertz CT molecular complexity index is 423. The predicted octanol–water partition coefficient (Wildman–Crippen LogP) is 3.84. The first-order valence-electron chi connectivity index (χ1n) is 6.19. The Kier molecular flexibility index (Phi) is 10.0. The minimum absolute atomic E-state index is 0. The molecule has 3 nitrogen and oxygen atoms in total. The molecule has 7 heteroatoms. The Morgan fingerprint density at radius 1 is 1.15 bits per heavy atom. The van der Waals surface area contributed by atoms with Crippen molar-refractivity contribution in [3.8, 4) is 0 Å². The third-order valence-electron chi connectivity index (χ3n) is 2.63. The third-order valence-corrected chi connectivity index (χ3v) is 3.66. The highest BCUT2D eigenvalue weighted by Crippen LogP contribution is 2.20. The van der Waals surface area contributed by atoms with E-state index in [9.17, 15) is 13.6 Å². The van der Waals surface area contributed by atoms with Crippen LogP contribution in [-0.2, 0) is 4.79 Å². The Morgan fingerprint density at radius 2 is 1.70 bits per heavy atom. The summed E-state index contributed by atoms with van der Waals surface area (Å²) < 4.78 is 26.5. The fourth-order valence-electron chi connectivity index (χ4n) is 1.63. The van der Waals surface area contributed by atoms with Gasteiger partial charge in [0.15, 0.2) is 0 Å². The molecule has 0 fully saturated rings. The number of nitrogens with two attached hydrogens (primary N) is 1. The first-order valence-corrected chi connectivity index (χ1v) is 7.27. The highest BCUT2D eigenvalue weighted by atomic mass is 127. The van der Waals surface area contributed by atoms with Gasteiger partial charge >= 0.3 is 0 Å². The molecular formula is C13H18ClF2IN2O. The van der Waals surface area contributed by atoms with Crippen molar-refractivity contribution in [2.24, 2.45) is 5.73 Å². The molecule has 0 radical (unpaired) electrons. The lowest BCUT2D eigenvalue weighted by Gasteiger charge is -2.07. The average molecular weight is 419 g/mol. The zero-order valence-corrected chi connectivity index (χ0v) is 13.9. The maximum Gasteiger partial charge on any atom is 0.224 e. The summed E-state index contributed by atoms with van der Waals surface area (Å²) >= 11 is 1.58. The van der Waals surface area contributed by atoms with Gasteiger partial charge in [0.05, 0.1) is 3.57 Å². The fourth-order valence-corrected chi connectivity index (χ4v) is 1.95. The van der Waals surface area contributed by atoms with Crippen LogP contribution in [0.4, 0.5) is 14.5 Å². The van der Waals surface area contributed by atoms with E-state index in [-0.39, 0.29) is 27.6 Å². The van der Waals surface area contributed by atoms with Gasteiger partial charge in [-0.1, -0.05) is 12.8 Å². The van der Waals surface area contributed by atoms with Gasteiger partial charge in [-0.2, -0.15) is 0 Å².